The van der Waals surface area contributed by atoms with E-state index >= 15 is 0 Å². The molecule has 0 radical (unpaired) electrons. The van der Waals surface area contributed by atoms with E-state index in [1.165, 1.54) is 22.8 Å². The van der Waals surface area contributed by atoms with Gasteiger partial charge in [0.25, 0.3) is 15.6 Å². The number of nitrogens with one attached hydrogen (secondary N) is 1. The molecule has 4 rings (SSSR count). The van der Waals surface area contributed by atoms with Crippen molar-refractivity contribution in [2.45, 2.75) is 18.7 Å². The molecule has 1 aromatic heterocycles. The number of nitrogens with zero attached hydrogens (tertiary/aromatic N) is 2. The molecule has 6 nitrogen and oxygen atoms in total. The van der Waals surface area contributed by atoms with E-state index in [0.29, 0.717) is 33.7 Å². The molecule has 0 unspecified atom stereocenters. The van der Waals surface area contributed by atoms with Crippen LogP contribution in [0.4, 0.5) is 10.1 Å². The first-order valence-electron chi connectivity index (χ1n) is 9.14. The van der Waals surface area contributed by atoms with Gasteiger partial charge < -0.3 is 0 Å². The number of benzene rings is 3. The largest absolute Gasteiger partial charge is 0.279 e. The summed E-state index contributed by atoms with van der Waals surface area (Å²) in [5, 5.41) is 0.497. The number of hydrogen-bond acceptors (Lipinski definition) is 4. The normalized spacial score (nSPS) is 11.6. The first-order valence-corrected chi connectivity index (χ1v) is 10.6. The average Bonchev–Trinajstić information content (AvgIpc) is 2.70. The number of halogens is 1. The maximum Gasteiger partial charge on any atom is 0.265 e. The number of fused-ring (bicyclic) bond motifs is 1. The smallest absolute Gasteiger partial charge is 0.265 e. The zero-order chi connectivity index (χ0) is 21.5. The van der Waals surface area contributed by atoms with Crippen molar-refractivity contribution in [3.63, 3.8) is 0 Å². The molecule has 1 heterocycles. The molecule has 0 saturated heterocycles. The summed E-state index contributed by atoms with van der Waals surface area (Å²) in [4.78, 5) is 17.3. The van der Waals surface area contributed by atoms with Gasteiger partial charge in [0.1, 0.15) is 11.6 Å². The molecule has 30 heavy (non-hydrogen) atoms. The van der Waals surface area contributed by atoms with E-state index in [1.807, 2.05) is 6.07 Å². The summed E-state index contributed by atoms with van der Waals surface area (Å²) in [7, 11) is -3.95. The van der Waals surface area contributed by atoms with E-state index in [-0.39, 0.29) is 10.5 Å². The molecule has 152 valence electrons. The quantitative estimate of drug-likeness (QED) is 0.539. The third-order valence-electron chi connectivity index (χ3n) is 4.76. The van der Waals surface area contributed by atoms with E-state index in [4.69, 9.17) is 0 Å². The number of hydrogen-bond donors (Lipinski definition) is 1. The van der Waals surface area contributed by atoms with Crippen LogP contribution in [0.1, 0.15) is 11.4 Å². The molecule has 0 fully saturated rings. The van der Waals surface area contributed by atoms with Crippen LogP contribution in [-0.4, -0.2) is 18.0 Å². The van der Waals surface area contributed by atoms with E-state index in [9.17, 15) is 17.6 Å². The van der Waals surface area contributed by atoms with E-state index in [0.717, 1.165) is 6.07 Å². The molecular weight excluding hydrogens is 405 g/mol. The summed E-state index contributed by atoms with van der Waals surface area (Å²) >= 11 is 0. The van der Waals surface area contributed by atoms with Gasteiger partial charge in [0.2, 0.25) is 0 Å². The standard InChI is InChI=1S/C22H18FN3O3S/c1-14-12-17(26-15(2)24-21-9-4-3-8-19(21)22(26)27)10-11-20(14)25-30(28,29)18-7-5-6-16(23)13-18/h3-13,25H,1-2H3. The van der Waals surface area contributed by atoms with Gasteiger partial charge >= 0.3 is 0 Å². The van der Waals surface area contributed by atoms with Gasteiger partial charge in [-0.25, -0.2) is 17.8 Å². The highest BCUT2D eigenvalue weighted by Gasteiger charge is 2.17. The Kier molecular flexibility index (Phi) is 4.87. The lowest BCUT2D eigenvalue weighted by atomic mass is 10.1. The SMILES string of the molecule is Cc1cc(-n2c(C)nc3ccccc3c2=O)ccc1NS(=O)(=O)c1cccc(F)c1. The number of para-hydroxylation sites is 1. The number of aryl methyl sites for hydroxylation is 2. The molecule has 0 bridgehead atoms. The van der Waals surface area contributed by atoms with Gasteiger partial charge in [-0.3, -0.25) is 14.1 Å². The molecule has 4 aromatic rings. The van der Waals surface area contributed by atoms with Crippen LogP contribution in [0.2, 0.25) is 0 Å². The van der Waals surface area contributed by atoms with Crippen molar-refractivity contribution in [3.8, 4) is 5.69 Å². The van der Waals surface area contributed by atoms with Crippen molar-refractivity contribution in [1.82, 2.24) is 9.55 Å². The predicted molar refractivity (Wildman–Crippen MR) is 114 cm³/mol. The Bertz CT molecular complexity index is 1450. The van der Waals surface area contributed by atoms with Crippen molar-refractivity contribution in [2.75, 3.05) is 4.72 Å². The third kappa shape index (κ3) is 3.57. The maximum absolute atomic E-state index is 13.4. The Morgan fingerprint density at radius 3 is 2.47 bits per heavy atom. The summed E-state index contributed by atoms with van der Waals surface area (Å²) in [5.74, 6) is -0.116. The second-order valence-corrected chi connectivity index (χ2v) is 8.56. The lowest BCUT2D eigenvalue weighted by molar-refractivity contribution is 0.595. The van der Waals surface area contributed by atoms with Crippen LogP contribution < -0.4 is 10.3 Å². The molecule has 8 heteroatoms. The fourth-order valence-corrected chi connectivity index (χ4v) is 4.45. The van der Waals surface area contributed by atoms with Crippen molar-refractivity contribution in [3.05, 3.63) is 94.3 Å². The molecule has 3 aromatic carbocycles. The Labute approximate surface area is 172 Å². The molecule has 0 aliphatic rings. The zero-order valence-corrected chi connectivity index (χ0v) is 17.1. The van der Waals surface area contributed by atoms with Gasteiger partial charge in [-0.15, -0.1) is 0 Å². The minimum atomic E-state index is -3.95. The first kappa shape index (κ1) is 19.8. The van der Waals surface area contributed by atoms with Crippen LogP contribution in [-0.2, 0) is 10.0 Å². The maximum atomic E-state index is 13.4. The second-order valence-electron chi connectivity index (χ2n) is 6.88. The summed E-state index contributed by atoms with van der Waals surface area (Å²) in [6, 6.07) is 16.8. The molecule has 0 atom stereocenters. The highest BCUT2D eigenvalue weighted by atomic mass is 32.2. The van der Waals surface area contributed by atoms with E-state index < -0.39 is 15.8 Å². The van der Waals surface area contributed by atoms with Crippen LogP contribution in [0.25, 0.3) is 16.6 Å². The Balaban J connectivity index is 1.75. The number of aromatic nitrogens is 2. The van der Waals surface area contributed by atoms with Crippen molar-refractivity contribution < 1.29 is 12.8 Å². The zero-order valence-electron chi connectivity index (χ0n) is 16.3. The highest BCUT2D eigenvalue weighted by molar-refractivity contribution is 7.92. The minimum absolute atomic E-state index is 0.170. The molecular formula is C22H18FN3O3S. The average molecular weight is 423 g/mol. The van der Waals surface area contributed by atoms with Gasteiger partial charge in [0, 0.05) is 0 Å². The van der Waals surface area contributed by atoms with Crippen LogP contribution >= 0.6 is 0 Å². The van der Waals surface area contributed by atoms with Crippen LogP contribution in [0, 0.1) is 19.7 Å². The molecule has 0 amide bonds. The topological polar surface area (TPSA) is 81.1 Å². The fourth-order valence-electron chi connectivity index (χ4n) is 3.29. The number of rotatable bonds is 4. The third-order valence-corrected chi connectivity index (χ3v) is 6.13. The van der Waals surface area contributed by atoms with Gasteiger partial charge in [-0.2, -0.15) is 0 Å². The number of sulfonamides is 1. The first-order chi connectivity index (χ1) is 14.3. The van der Waals surface area contributed by atoms with E-state index in [1.54, 1.807) is 50.2 Å². The van der Waals surface area contributed by atoms with Crippen LogP contribution in [0.15, 0.2) is 76.4 Å². The second kappa shape index (κ2) is 7.38. The van der Waals surface area contributed by atoms with Gasteiger partial charge in [0.05, 0.1) is 27.2 Å². The van der Waals surface area contributed by atoms with Gasteiger partial charge in [-0.1, -0.05) is 18.2 Å². The molecule has 1 N–H and O–H groups in total. The van der Waals surface area contributed by atoms with Crippen molar-refractivity contribution in [2.24, 2.45) is 0 Å². The number of anilines is 1. The predicted octanol–water partition coefficient (Wildman–Crippen LogP) is 3.94. The van der Waals surface area contributed by atoms with E-state index in [2.05, 4.69) is 9.71 Å². The Hall–Kier alpha value is -3.52. The summed E-state index contributed by atoms with van der Waals surface area (Å²) in [5.41, 5.74) is 1.93. The summed E-state index contributed by atoms with van der Waals surface area (Å²) in [6.07, 6.45) is 0. The molecule has 0 aliphatic carbocycles. The Morgan fingerprint density at radius 1 is 0.967 bits per heavy atom. The van der Waals surface area contributed by atoms with Crippen LogP contribution in [0.3, 0.4) is 0 Å². The Morgan fingerprint density at radius 2 is 1.73 bits per heavy atom. The van der Waals surface area contributed by atoms with Crippen LogP contribution in [0.5, 0.6) is 0 Å². The lowest BCUT2D eigenvalue weighted by Gasteiger charge is -2.15. The molecule has 0 spiro atoms. The van der Waals surface area contributed by atoms with Gasteiger partial charge in [0.15, 0.2) is 0 Å². The minimum Gasteiger partial charge on any atom is -0.279 e. The summed E-state index contributed by atoms with van der Waals surface area (Å²) < 4.78 is 42.5. The monoisotopic (exact) mass is 423 g/mol. The molecule has 0 saturated carbocycles. The van der Waals surface area contributed by atoms with Crippen molar-refractivity contribution in [1.29, 1.82) is 0 Å². The summed E-state index contributed by atoms with van der Waals surface area (Å²) in [6.45, 7) is 3.46. The lowest BCUT2D eigenvalue weighted by Crippen LogP contribution is -2.22. The highest BCUT2D eigenvalue weighted by Crippen LogP contribution is 2.23. The van der Waals surface area contributed by atoms with Gasteiger partial charge in [-0.05, 0) is 67.9 Å². The molecule has 0 aliphatic heterocycles. The fraction of sp³-hybridized carbons (Fsp3) is 0.0909. The van der Waals surface area contributed by atoms with Crippen molar-refractivity contribution >= 4 is 26.6 Å².